The fourth-order valence-electron chi connectivity index (χ4n) is 0.674. The van der Waals surface area contributed by atoms with Gasteiger partial charge < -0.3 is 0 Å². The Morgan fingerprint density at radius 1 is 1.11 bits per heavy atom. The van der Waals surface area contributed by atoms with E-state index in [2.05, 4.69) is 36.2 Å². The molecular formula is C8H10Te. The fourth-order valence-corrected chi connectivity index (χ4v) is 1.84. The third kappa shape index (κ3) is 2.01. The van der Waals surface area contributed by atoms with Crippen molar-refractivity contribution in [3.63, 3.8) is 0 Å². The van der Waals surface area contributed by atoms with Gasteiger partial charge in [0.05, 0.1) is 0 Å². The van der Waals surface area contributed by atoms with Crippen molar-refractivity contribution >= 4 is 24.5 Å². The van der Waals surface area contributed by atoms with Gasteiger partial charge in [0.15, 0.2) is 0 Å². The molecule has 0 heterocycles. The Kier molecular flexibility index (Phi) is 2.57. The molecule has 48 valence electrons. The van der Waals surface area contributed by atoms with Crippen molar-refractivity contribution in [3.05, 3.63) is 29.8 Å². The van der Waals surface area contributed by atoms with Gasteiger partial charge in [0.25, 0.3) is 0 Å². The summed E-state index contributed by atoms with van der Waals surface area (Å²) in [4.78, 5) is 2.30. The maximum atomic E-state index is 2.30. The van der Waals surface area contributed by atoms with Gasteiger partial charge in [0.1, 0.15) is 0 Å². The van der Waals surface area contributed by atoms with E-state index < -0.39 is 0 Å². The second-order valence-corrected chi connectivity index (χ2v) is 4.53. The summed E-state index contributed by atoms with van der Waals surface area (Å²) in [6.07, 6.45) is 0. The molecule has 1 heteroatoms. The first kappa shape index (κ1) is 7.12. The first-order valence-corrected chi connectivity index (χ1v) is 6.43. The second-order valence-electron chi connectivity index (χ2n) is 2.02. The predicted molar refractivity (Wildman–Crippen MR) is 42.4 cm³/mol. The van der Waals surface area contributed by atoms with E-state index in [-0.39, 0.29) is 20.9 Å². The van der Waals surface area contributed by atoms with Gasteiger partial charge in [0.2, 0.25) is 0 Å². The molecule has 9 heavy (non-hydrogen) atoms. The zero-order valence-electron chi connectivity index (χ0n) is 5.72. The van der Waals surface area contributed by atoms with Gasteiger partial charge in [-0.3, -0.25) is 0 Å². The minimum absolute atomic E-state index is 0.143. The number of rotatable bonds is 1. The van der Waals surface area contributed by atoms with Gasteiger partial charge in [-0.05, 0) is 0 Å². The SMILES string of the molecule is C[Te]c1ccc(C)cc1. The summed E-state index contributed by atoms with van der Waals surface area (Å²) in [5, 5.41) is 0. The molecule has 0 spiro atoms. The van der Waals surface area contributed by atoms with E-state index in [4.69, 9.17) is 0 Å². The van der Waals surface area contributed by atoms with Gasteiger partial charge in [-0.25, -0.2) is 0 Å². The molecular weight excluding hydrogens is 224 g/mol. The number of benzene rings is 1. The molecule has 0 aliphatic rings. The molecule has 0 fully saturated rings. The molecule has 0 saturated carbocycles. The zero-order chi connectivity index (χ0) is 6.69. The van der Waals surface area contributed by atoms with E-state index in [1.54, 1.807) is 3.61 Å². The van der Waals surface area contributed by atoms with Crippen molar-refractivity contribution in [2.24, 2.45) is 0 Å². The summed E-state index contributed by atoms with van der Waals surface area (Å²) >= 11 is 0.143. The fraction of sp³-hybridized carbons (Fsp3) is 0.250. The molecule has 0 aliphatic carbocycles. The van der Waals surface area contributed by atoms with Crippen LogP contribution in [0.2, 0.25) is 4.97 Å². The Labute approximate surface area is 66.4 Å². The maximum absolute atomic E-state index is 2.30. The topological polar surface area (TPSA) is 0 Å². The average Bonchev–Trinajstić information content (AvgIpc) is 1.90. The molecule has 0 saturated heterocycles. The Morgan fingerprint density at radius 2 is 1.67 bits per heavy atom. The molecule has 0 radical (unpaired) electrons. The molecule has 0 N–H and O–H groups in total. The van der Waals surface area contributed by atoms with Crippen LogP contribution >= 0.6 is 0 Å². The standard InChI is InChI=1S/C8H10Te/c1-7-3-5-8(9-2)6-4-7/h3-6H,1-2H3. The molecule has 0 nitrogen and oxygen atoms in total. The van der Waals surface area contributed by atoms with Crippen molar-refractivity contribution in [2.75, 3.05) is 0 Å². The summed E-state index contributed by atoms with van der Waals surface area (Å²) in [7, 11) is 0. The zero-order valence-corrected chi connectivity index (χ0v) is 8.05. The van der Waals surface area contributed by atoms with Crippen LogP contribution < -0.4 is 3.61 Å². The van der Waals surface area contributed by atoms with Crippen molar-refractivity contribution in [1.82, 2.24) is 0 Å². The Hall–Kier alpha value is 0.00961. The van der Waals surface area contributed by atoms with Crippen molar-refractivity contribution in [1.29, 1.82) is 0 Å². The summed E-state index contributed by atoms with van der Waals surface area (Å²) in [5.74, 6) is 0. The summed E-state index contributed by atoms with van der Waals surface area (Å²) in [6, 6.07) is 8.84. The van der Waals surface area contributed by atoms with E-state index in [9.17, 15) is 0 Å². The Bertz CT molecular complexity index is 176. The average molecular weight is 234 g/mol. The third-order valence-electron chi connectivity index (χ3n) is 1.26. The molecule has 0 atom stereocenters. The summed E-state index contributed by atoms with van der Waals surface area (Å²) < 4.78 is 1.55. The predicted octanol–water partition coefficient (Wildman–Crippen LogP) is 1.37. The van der Waals surface area contributed by atoms with Gasteiger partial charge >= 0.3 is 66.3 Å². The molecule has 0 aliphatic heterocycles. The van der Waals surface area contributed by atoms with Crippen molar-refractivity contribution in [3.8, 4) is 0 Å². The van der Waals surface area contributed by atoms with E-state index in [1.165, 1.54) is 5.56 Å². The molecule has 0 aromatic heterocycles. The van der Waals surface area contributed by atoms with E-state index in [0.717, 1.165) is 0 Å². The van der Waals surface area contributed by atoms with Crippen LogP contribution in [0.15, 0.2) is 24.3 Å². The molecule has 1 aromatic rings. The van der Waals surface area contributed by atoms with Gasteiger partial charge in [-0.1, -0.05) is 0 Å². The number of hydrogen-bond acceptors (Lipinski definition) is 0. The first-order chi connectivity index (χ1) is 4.33. The number of aryl methyl sites for hydroxylation is 1. The first-order valence-electron chi connectivity index (χ1n) is 2.93. The van der Waals surface area contributed by atoms with Crippen LogP contribution in [-0.2, 0) is 0 Å². The second kappa shape index (κ2) is 3.25. The summed E-state index contributed by atoms with van der Waals surface area (Å²) in [5.41, 5.74) is 1.36. The van der Waals surface area contributed by atoms with Crippen LogP contribution in [0.3, 0.4) is 0 Å². The van der Waals surface area contributed by atoms with Crippen LogP contribution in [0, 0.1) is 6.92 Å². The van der Waals surface area contributed by atoms with E-state index in [1.807, 2.05) is 0 Å². The summed E-state index contributed by atoms with van der Waals surface area (Å²) in [6.45, 7) is 2.12. The molecule has 0 bridgehead atoms. The number of hydrogen-bond donors (Lipinski definition) is 0. The molecule has 1 rings (SSSR count). The van der Waals surface area contributed by atoms with Crippen molar-refractivity contribution in [2.45, 2.75) is 11.9 Å². The molecule has 0 amide bonds. The monoisotopic (exact) mass is 236 g/mol. The van der Waals surface area contributed by atoms with Crippen LogP contribution in [0.25, 0.3) is 0 Å². The van der Waals surface area contributed by atoms with E-state index >= 15 is 0 Å². The van der Waals surface area contributed by atoms with Gasteiger partial charge in [0, 0.05) is 0 Å². The van der Waals surface area contributed by atoms with Crippen molar-refractivity contribution < 1.29 is 0 Å². The van der Waals surface area contributed by atoms with E-state index in [0.29, 0.717) is 0 Å². The minimum atomic E-state index is 0.143. The van der Waals surface area contributed by atoms with Gasteiger partial charge in [-0.15, -0.1) is 0 Å². The van der Waals surface area contributed by atoms with Crippen LogP contribution in [0.4, 0.5) is 0 Å². The van der Waals surface area contributed by atoms with Crippen LogP contribution in [0.5, 0.6) is 0 Å². The normalized spacial score (nSPS) is 9.56. The Morgan fingerprint density at radius 3 is 2.11 bits per heavy atom. The quantitative estimate of drug-likeness (QED) is 0.643. The molecule has 1 aromatic carbocycles. The van der Waals surface area contributed by atoms with Crippen LogP contribution in [0.1, 0.15) is 5.56 Å². The Balaban J connectivity index is 2.88. The van der Waals surface area contributed by atoms with Gasteiger partial charge in [-0.2, -0.15) is 0 Å². The van der Waals surface area contributed by atoms with Crippen LogP contribution in [-0.4, -0.2) is 20.9 Å². The molecule has 0 unspecified atom stereocenters. The third-order valence-corrected chi connectivity index (χ3v) is 3.38.